The van der Waals surface area contributed by atoms with Crippen molar-refractivity contribution < 1.29 is 0 Å². The summed E-state index contributed by atoms with van der Waals surface area (Å²) in [5, 5.41) is 0. The lowest BCUT2D eigenvalue weighted by atomic mass is 10.0. The molecule has 0 aromatic heterocycles. The zero-order chi connectivity index (χ0) is 6.69. The molecule has 1 fully saturated rings. The summed E-state index contributed by atoms with van der Waals surface area (Å²) in [5.74, 6) is 1.44. The molecule has 0 nitrogen and oxygen atoms in total. The van der Waals surface area contributed by atoms with Gasteiger partial charge in [-0.15, -0.1) is 6.58 Å². The quantitative estimate of drug-likeness (QED) is 0.418. The van der Waals surface area contributed by atoms with Crippen LogP contribution in [0.1, 0.15) is 25.7 Å². The second-order valence-electron chi connectivity index (χ2n) is 2.37. The lowest BCUT2D eigenvalue weighted by molar-refractivity contribution is 0.874. The van der Waals surface area contributed by atoms with E-state index in [0.29, 0.717) is 0 Å². The average molecular weight is 139 g/mol. The summed E-state index contributed by atoms with van der Waals surface area (Å²) < 4.78 is 0. The molecule has 1 rings (SSSR count). The molecule has 1 aliphatic rings. The third kappa shape index (κ3) is 1.62. The van der Waals surface area contributed by atoms with Crippen molar-refractivity contribution in [1.82, 2.24) is 0 Å². The first kappa shape index (κ1) is 6.94. The lowest BCUT2D eigenvalue weighted by Crippen LogP contribution is -1.98. The van der Waals surface area contributed by atoms with Crippen LogP contribution in [0.2, 0.25) is 0 Å². The Balaban J connectivity index is 2.39. The van der Waals surface area contributed by atoms with E-state index in [2.05, 4.69) is 6.58 Å². The molecular formula is C8H11S. The number of hydrogen-bond acceptors (Lipinski definition) is 1. The molecule has 0 saturated heterocycles. The third-order valence-electron chi connectivity index (χ3n) is 1.67. The second-order valence-corrected chi connectivity index (χ2v) is 2.87. The first-order valence-corrected chi connectivity index (χ1v) is 3.74. The SMILES string of the molecule is C=CC[C]1CCCC1=S. The smallest absolute Gasteiger partial charge is 0.0156 e. The molecule has 9 heavy (non-hydrogen) atoms. The fraction of sp³-hybridized carbons (Fsp3) is 0.500. The molecular weight excluding hydrogens is 128 g/mol. The highest BCUT2D eigenvalue weighted by molar-refractivity contribution is 7.80. The van der Waals surface area contributed by atoms with E-state index in [-0.39, 0.29) is 0 Å². The van der Waals surface area contributed by atoms with Crippen LogP contribution in [0.15, 0.2) is 12.7 Å². The topological polar surface area (TPSA) is 0 Å². The summed E-state index contributed by atoms with van der Waals surface area (Å²) in [6.45, 7) is 3.68. The van der Waals surface area contributed by atoms with Gasteiger partial charge >= 0.3 is 0 Å². The van der Waals surface area contributed by atoms with Gasteiger partial charge in [0.1, 0.15) is 0 Å². The Kier molecular flexibility index (Phi) is 2.40. The molecule has 0 bridgehead atoms. The third-order valence-corrected chi connectivity index (χ3v) is 2.16. The molecule has 49 valence electrons. The van der Waals surface area contributed by atoms with Crippen molar-refractivity contribution in [2.75, 3.05) is 0 Å². The van der Waals surface area contributed by atoms with Crippen LogP contribution in [0, 0.1) is 5.92 Å². The first-order valence-electron chi connectivity index (χ1n) is 3.33. The number of allylic oxidation sites excluding steroid dienone is 1. The second kappa shape index (κ2) is 3.11. The van der Waals surface area contributed by atoms with E-state index in [4.69, 9.17) is 12.2 Å². The molecule has 0 unspecified atom stereocenters. The minimum Gasteiger partial charge on any atom is -0.103 e. The van der Waals surface area contributed by atoms with Crippen LogP contribution in [0.4, 0.5) is 0 Å². The molecule has 1 heteroatoms. The molecule has 1 saturated carbocycles. The number of rotatable bonds is 2. The Morgan fingerprint density at radius 3 is 2.78 bits per heavy atom. The summed E-state index contributed by atoms with van der Waals surface area (Å²) in [4.78, 5) is 1.19. The Morgan fingerprint density at radius 2 is 2.33 bits per heavy atom. The fourth-order valence-corrected chi connectivity index (χ4v) is 1.50. The van der Waals surface area contributed by atoms with Crippen molar-refractivity contribution >= 4 is 17.1 Å². The van der Waals surface area contributed by atoms with Gasteiger partial charge in [0.05, 0.1) is 0 Å². The van der Waals surface area contributed by atoms with E-state index in [1.807, 2.05) is 6.08 Å². The van der Waals surface area contributed by atoms with E-state index < -0.39 is 0 Å². The van der Waals surface area contributed by atoms with Crippen molar-refractivity contribution in [2.45, 2.75) is 25.7 Å². The van der Waals surface area contributed by atoms with Gasteiger partial charge in [-0.05, 0) is 25.7 Å². The summed E-state index contributed by atoms with van der Waals surface area (Å²) in [6, 6.07) is 0. The highest BCUT2D eigenvalue weighted by Crippen LogP contribution is 2.27. The summed E-state index contributed by atoms with van der Waals surface area (Å²) >= 11 is 5.12. The summed E-state index contributed by atoms with van der Waals surface area (Å²) in [6.07, 6.45) is 6.57. The van der Waals surface area contributed by atoms with Gasteiger partial charge in [0.15, 0.2) is 0 Å². The molecule has 0 atom stereocenters. The molecule has 0 aromatic carbocycles. The van der Waals surface area contributed by atoms with Crippen LogP contribution >= 0.6 is 12.2 Å². The highest BCUT2D eigenvalue weighted by atomic mass is 32.1. The van der Waals surface area contributed by atoms with Crippen LogP contribution in [-0.4, -0.2) is 4.86 Å². The minimum absolute atomic E-state index is 1.01. The zero-order valence-corrected chi connectivity index (χ0v) is 6.34. The zero-order valence-electron chi connectivity index (χ0n) is 5.52. The van der Waals surface area contributed by atoms with E-state index in [1.165, 1.54) is 23.6 Å². The molecule has 0 aliphatic heterocycles. The maximum Gasteiger partial charge on any atom is 0.0156 e. The molecule has 1 aliphatic carbocycles. The van der Waals surface area contributed by atoms with Crippen molar-refractivity contribution in [3.05, 3.63) is 18.6 Å². The molecule has 0 N–H and O–H groups in total. The van der Waals surface area contributed by atoms with Crippen molar-refractivity contribution in [3.8, 4) is 0 Å². The van der Waals surface area contributed by atoms with Crippen molar-refractivity contribution in [1.29, 1.82) is 0 Å². The number of hydrogen-bond donors (Lipinski definition) is 0. The standard InChI is InChI=1S/C8H11S/c1-2-4-7-5-3-6-8(7)9/h2H,1,3-6H2. The first-order chi connectivity index (χ1) is 4.34. The Bertz CT molecular complexity index is 127. The van der Waals surface area contributed by atoms with Crippen LogP contribution in [-0.2, 0) is 0 Å². The van der Waals surface area contributed by atoms with E-state index >= 15 is 0 Å². The van der Waals surface area contributed by atoms with Gasteiger partial charge in [0.2, 0.25) is 0 Å². The highest BCUT2D eigenvalue weighted by Gasteiger charge is 2.19. The molecule has 0 spiro atoms. The molecule has 0 heterocycles. The monoisotopic (exact) mass is 139 g/mol. The molecule has 0 amide bonds. The van der Waals surface area contributed by atoms with Gasteiger partial charge in [-0.1, -0.05) is 18.3 Å². The van der Waals surface area contributed by atoms with Gasteiger partial charge in [0, 0.05) is 10.8 Å². The molecule has 1 radical (unpaired) electrons. The van der Waals surface area contributed by atoms with Gasteiger partial charge in [-0.3, -0.25) is 0 Å². The normalized spacial score (nSPS) is 20.7. The maximum atomic E-state index is 5.12. The summed E-state index contributed by atoms with van der Waals surface area (Å²) in [7, 11) is 0. The predicted octanol–water partition coefficient (Wildman–Crippen LogP) is 2.69. The Hall–Kier alpha value is -0.170. The van der Waals surface area contributed by atoms with Gasteiger partial charge in [-0.25, -0.2) is 0 Å². The Morgan fingerprint density at radius 1 is 1.56 bits per heavy atom. The van der Waals surface area contributed by atoms with Crippen LogP contribution < -0.4 is 0 Å². The van der Waals surface area contributed by atoms with Crippen LogP contribution in [0.5, 0.6) is 0 Å². The van der Waals surface area contributed by atoms with E-state index in [1.54, 1.807) is 0 Å². The largest absolute Gasteiger partial charge is 0.103 e. The predicted molar refractivity (Wildman–Crippen MR) is 44.5 cm³/mol. The Labute approximate surface area is 62.0 Å². The summed E-state index contributed by atoms with van der Waals surface area (Å²) in [5.41, 5.74) is 0. The van der Waals surface area contributed by atoms with E-state index in [0.717, 1.165) is 12.8 Å². The van der Waals surface area contributed by atoms with Crippen LogP contribution in [0.3, 0.4) is 0 Å². The average Bonchev–Trinajstić information content (AvgIpc) is 2.18. The lowest BCUT2D eigenvalue weighted by Gasteiger charge is -2.02. The minimum atomic E-state index is 1.01. The van der Waals surface area contributed by atoms with E-state index in [9.17, 15) is 0 Å². The molecule has 0 aromatic rings. The van der Waals surface area contributed by atoms with Crippen molar-refractivity contribution in [2.24, 2.45) is 0 Å². The van der Waals surface area contributed by atoms with Gasteiger partial charge < -0.3 is 0 Å². The maximum absolute atomic E-state index is 5.12. The van der Waals surface area contributed by atoms with Crippen molar-refractivity contribution in [3.63, 3.8) is 0 Å². The number of thiocarbonyl (C=S) groups is 1. The van der Waals surface area contributed by atoms with Crippen LogP contribution in [0.25, 0.3) is 0 Å². The fourth-order valence-electron chi connectivity index (χ4n) is 1.17. The van der Waals surface area contributed by atoms with Gasteiger partial charge in [-0.2, -0.15) is 0 Å². The van der Waals surface area contributed by atoms with Gasteiger partial charge in [0.25, 0.3) is 0 Å².